The molecule has 1 aliphatic rings. The number of hydrogen-bond donors (Lipinski definition) is 1. The number of hydrogen-bond acceptors (Lipinski definition) is 2. The molecule has 1 amide bonds. The summed E-state index contributed by atoms with van der Waals surface area (Å²) in [7, 11) is 0. The van der Waals surface area contributed by atoms with Crippen LogP contribution in [0.2, 0.25) is 0 Å². The zero-order chi connectivity index (χ0) is 14.8. The predicted octanol–water partition coefficient (Wildman–Crippen LogP) is 3.50. The van der Waals surface area contributed by atoms with Crippen LogP contribution < -0.4 is 10.1 Å². The van der Waals surface area contributed by atoms with Crippen LogP contribution in [-0.4, -0.2) is 12.0 Å². The fraction of sp³-hybridized carbons (Fsp3) is 0.278. The minimum absolute atomic E-state index is 0.0119. The third-order valence-corrected chi connectivity index (χ3v) is 3.81. The molecule has 2 unspecified atom stereocenters. The van der Waals surface area contributed by atoms with Crippen molar-refractivity contribution in [3.63, 3.8) is 0 Å². The summed E-state index contributed by atoms with van der Waals surface area (Å²) in [6, 6.07) is 15.6. The lowest BCUT2D eigenvalue weighted by molar-refractivity contribution is 0.0940. The first-order valence-electron chi connectivity index (χ1n) is 7.29. The molecule has 3 rings (SSSR count). The van der Waals surface area contributed by atoms with Crippen molar-refractivity contribution in [2.75, 3.05) is 0 Å². The van der Waals surface area contributed by atoms with Crippen molar-refractivity contribution in [3.05, 3.63) is 65.2 Å². The van der Waals surface area contributed by atoms with E-state index in [1.165, 1.54) is 0 Å². The second-order valence-electron chi connectivity index (χ2n) is 5.56. The first-order chi connectivity index (χ1) is 10.1. The largest absolute Gasteiger partial charge is 0.490 e. The van der Waals surface area contributed by atoms with Crippen molar-refractivity contribution >= 4 is 5.91 Å². The minimum Gasteiger partial charge on any atom is -0.490 e. The highest BCUT2D eigenvalue weighted by atomic mass is 16.5. The van der Waals surface area contributed by atoms with Crippen LogP contribution in [0.1, 0.15) is 41.4 Å². The normalized spacial score (nSPS) is 17.7. The van der Waals surface area contributed by atoms with Gasteiger partial charge in [0.05, 0.1) is 6.04 Å². The third kappa shape index (κ3) is 2.92. The Morgan fingerprint density at radius 2 is 2.00 bits per heavy atom. The van der Waals surface area contributed by atoms with Gasteiger partial charge in [-0.25, -0.2) is 0 Å². The van der Waals surface area contributed by atoms with Crippen molar-refractivity contribution in [3.8, 4) is 5.75 Å². The highest BCUT2D eigenvalue weighted by Gasteiger charge is 2.20. The number of ether oxygens (including phenoxy) is 1. The first-order valence-corrected chi connectivity index (χ1v) is 7.29. The molecule has 0 aliphatic carbocycles. The monoisotopic (exact) mass is 281 g/mol. The van der Waals surface area contributed by atoms with Gasteiger partial charge in [-0.2, -0.15) is 0 Å². The molecule has 0 saturated heterocycles. The average molecular weight is 281 g/mol. The summed E-state index contributed by atoms with van der Waals surface area (Å²) in [4.78, 5) is 12.4. The van der Waals surface area contributed by atoms with Crippen LogP contribution in [0.25, 0.3) is 0 Å². The van der Waals surface area contributed by atoms with Gasteiger partial charge in [-0.05, 0) is 43.2 Å². The highest BCUT2D eigenvalue weighted by Crippen LogP contribution is 2.29. The van der Waals surface area contributed by atoms with Crippen LogP contribution >= 0.6 is 0 Å². The number of carbonyl (C=O) groups is 1. The molecule has 1 aliphatic heterocycles. The molecule has 0 bridgehead atoms. The molecule has 2 aromatic rings. The Morgan fingerprint density at radius 3 is 2.76 bits per heavy atom. The van der Waals surface area contributed by atoms with Crippen molar-refractivity contribution in [2.45, 2.75) is 32.4 Å². The lowest BCUT2D eigenvalue weighted by atomic mass is 10.1. The molecule has 3 heteroatoms. The maximum absolute atomic E-state index is 12.4. The summed E-state index contributed by atoms with van der Waals surface area (Å²) in [6.07, 6.45) is 1.06. The van der Waals surface area contributed by atoms with Gasteiger partial charge < -0.3 is 10.1 Å². The van der Waals surface area contributed by atoms with Crippen LogP contribution in [-0.2, 0) is 6.42 Å². The van der Waals surface area contributed by atoms with Gasteiger partial charge in [-0.3, -0.25) is 4.79 Å². The minimum atomic E-state index is -0.0475. The van der Waals surface area contributed by atoms with Gasteiger partial charge >= 0.3 is 0 Å². The standard InChI is InChI=1S/C18H19NO2/c1-12-10-16-11-15(8-9-17(16)21-12)18(20)19-13(2)14-6-4-3-5-7-14/h3-9,11-13H,10H2,1-2H3,(H,19,20). The van der Waals surface area contributed by atoms with E-state index >= 15 is 0 Å². The van der Waals surface area contributed by atoms with Gasteiger partial charge in [0, 0.05) is 12.0 Å². The van der Waals surface area contributed by atoms with E-state index in [2.05, 4.69) is 5.32 Å². The lowest BCUT2D eigenvalue weighted by Crippen LogP contribution is -2.26. The van der Waals surface area contributed by atoms with E-state index in [0.717, 1.165) is 23.3 Å². The summed E-state index contributed by atoms with van der Waals surface area (Å²) in [5.74, 6) is 0.851. The highest BCUT2D eigenvalue weighted by molar-refractivity contribution is 5.94. The van der Waals surface area contributed by atoms with Crippen LogP contribution in [0, 0.1) is 0 Å². The van der Waals surface area contributed by atoms with E-state index in [0.29, 0.717) is 5.56 Å². The van der Waals surface area contributed by atoms with Crippen LogP contribution in [0.5, 0.6) is 5.75 Å². The molecular weight excluding hydrogens is 262 g/mol. The van der Waals surface area contributed by atoms with E-state index in [4.69, 9.17) is 4.74 Å². The average Bonchev–Trinajstić information content (AvgIpc) is 2.87. The van der Waals surface area contributed by atoms with E-state index in [-0.39, 0.29) is 18.1 Å². The summed E-state index contributed by atoms with van der Waals surface area (Å²) in [6.45, 7) is 4.03. The molecule has 0 saturated carbocycles. The van der Waals surface area contributed by atoms with Crippen molar-refractivity contribution < 1.29 is 9.53 Å². The SMILES string of the molecule is CC1Cc2cc(C(=O)NC(C)c3ccccc3)ccc2O1. The molecule has 0 spiro atoms. The number of carbonyl (C=O) groups excluding carboxylic acids is 1. The maximum atomic E-state index is 12.4. The Hall–Kier alpha value is -2.29. The molecule has 0 fully saturated rings. The smallest absolute Gasteiger partial charge is 0.251 e. The molecule has 1 heterocycles. The number of fused-ring (bicyclic) bond motifs is 1. The van der Waals surface area contributed by atoms with Gasteiger partial charge in [-0.15, -0.1) is 0 Å². The molecular formula is C18H19NO2. The van der Waals surface area contributed by atoms with Gasteiger partial charge in [0.25, 0.3) is 5.91 Å². The summed E-state index contributed by atoms with van der Waals surface area (Å²) >= 11 is 0. The second-order valence-corrected chi connectivity index (χ2v) is 5.56. The molecule has 2 aromatic carbocycles. The van der Waals surface area contributed by atoms with E-state index in [1.807, 2.05) is 62.4 Å². The van der Waals surface area contributed by atoms with E-state index < -0.39 is 0 Å². The van der Waals surface area contributed by atoms with Crippen LogP contribution in [0.15, 0.2) is 48.5 Å². The first kappa shape index (κ1) is 13.7. The predicted molar refractivity (Wildman–Crippen MR) is 82.6 cm³/mol. The molecule has 0 aromatic heterocycles. The Balaban J connectivity index is 1.73. The Bertz CT molecular complexity index is 652. The number of benzene rings is 2. The fourth-order valence-electron chi connectivity index (χ4n) is 2.67. The topological polar surface area (TPSA) is 38.3 Å². The zero-order valence-electron chi connectivity index (χ0n) is 12.3. The Morgan fingerprint density at radius 1 is 1.24 bits per heavy atom. The van der Waals surface area contributed by atoms with Crippen molar-refractivity contribution in [2.24, 2.45) is 0 Å². The molecule has 1 N–H and O–H groups in total. The quantitative estimate of drug-likeness (QED) is 0.935. The van der Waals surface area contributed by atoms with Gasteiger partial charge in [-0.1, -0.05) is 30.3 Å². The van der Waals surface area contributed by atoms with E-state index in [9.17, 15) is 4.79 Å². The summed E-state index contributed by atoms with van der Waals surface area (Å²) < 4.78 is 5.66. The van der Waals surface area contributed by atoms with Crippen molar-refractivity contribution in [1.82, 2.24) is 5.32 Å². The molecule has 108 valence electrons. The van der Waals surface area contributed by atoms with Gasteiger partial charge in [0.1, 0.15) is 11.9 Å². The summed E-state index contributed by atoms with van der Waals surface area (Å²) in [5, 5.41) is 3.04. The third-order valence-electron chi connectivity index (χ3n) is 3.81. The molecule has 3 nitrogen and oxygen atoms in total. The number of rotatable bonds is 3. The zero-order valence-corrected chi connectivity index (χ0v) is 12.3. The Labute approximate surface area is 124 Å². The summed E-state index contributed by atoms with van der Waals surface area (Å²) in [5.41, 5.74) is 2.90. The van der Waals surface area contributed by atoms with E-state index in [1.54, 1.807) is 0 Å². The van der Waals surface area contributed by atoms with Crippen LogP contribution in [0.3, 0.4) is 0 Å². The Kier molecular flexibility index (Phi) is 3.65. The van der Waals surface area contributed by atoms with Gasteiger partial charge in [0.15, 0.2) is 0 Å². The lowest BCUT2D eigenvalue weighted by Gasteiger charge is -2.14. The van der Waals surface area contributed by atoms with Crippen LogP contribution in [0.4, 0.5) is 0 Å². The second kappa shape index (κ2) is 5.60. The maximum Gasteiger partial charge on any atom is 0.251 e. The number of amides is 1. The van der Waals surface area contributed by atoms with Crippen molar-refractivity contribution in [1.29, 1.82) is 0 Å². The fourth-order valence-corrected chi connectivity index (χ4v) is 2.67. The molecule has 2 atom stereocenters. The molecule has 21 heavy (non-hydrogen) atoms. The number of nitrogens with one attached hydrogen (secondary N) is 1. The van der Waals surface area contributed by atoms with Gasteiger partial charge in [0.2, 0.25) is 0 Å². The molecule has 0 radical (unpaired) electrons.